The van der Waals surface area contributed by atoms with Crippen molar-refractivity contribution in [2.45, 2.75) is 13.3 Å². The molecule has 0 fully saturated rings. The summed E-state index contributed by atoms with van der Waals surface area (Å²) in [6.07, 6.45) is 2.51. The van der Waals surface area contributed by atoms with Crippen LogP contribution in [0.4, 0.5) is 5.69 Å². The standard InChI is InChI=1S/C27H23ClN2O2/c1-19-5-14-25(20-6-8-21(28)9-7-20)26(18-19)27(31)30-23-10-12-24(13-11-23)32-17-15-22-4-2-3-16-29-22/h2-14,16,18H,15,17H2,1H3,(H,30,31). The third-order valence-electron chi connectivity index (χ3n) is 5.04. The highest BCUT2D eigenvalue weighted by atomic mass is 35.5. The first kappa shape index (κ1) is 21.6. The predicted molar refractivity (Wildman–Crippen MR) is 129 cm³/mol. The van der Waals surface area contributed by atoms with E-state index >= 15 is 0 Å². The van der Waals surface area contributed by atoms with Crippen molar-refractivity contribution in [2.24, 2.45) is 0 Å². The Hall–Kier alpha value is -3.63. The van der Waals surface area contributed by atoms with Gasteiger partial charge in [-0.15, -0.1) is 0 Å². The predicted octanol–water partition coefficient (Wildman–Crippen LogP) is 6.58. The third-order valence-corrected chi connectivity index (χ3v) is 5.29. The maximum Gasteiger partial charge on any atom is 0.256 e. The summed E-state index contributed by atoms with van der Waals surface area (Å²) < 4.78 is 5.79. The summed E-state index contributed by atoms with van der Waals surface area (Å²) in [5, 5.41) is 3.65. The summed E-state index contributed by atoms with van der Waals surface area (Å²) in [6, 6.07) is 26.6. The number of nitrogens with one attached hydrogen (secondary N) is 1. The first-order valence-electron chi connectivity index (χ1n) is 10.4. The van der Waals surface area contributed by atoms with Gasteiger partial charge in [0.25, 0.3) is 5.91 Å². The van der Waals surface area contributed by atoms with E-state index in [2.05, 4.69) is 10.3 Å². The Kier molecular flexibility index (Phi) is 6.83. The smallest absolute Gasteiger partial charge is 0.256 e. The van der Waals surface area contributed by atoms with Gasteiger partial charge in [0, 0.05) is 34.6 Å². The van der Waals surface area contributed by atoms with Gasteiger partial charge in [0.05, 0.1) is 6.61 Å². The minimum Gasteiger partial charge on any atom is -0.493 e. The number of aryl methyl sites for hydroxylation is 1. The van der Waals surface area contributed by atoms with Gasteiger partial charge in [-0.1, -0.05) is 47.5 Å². The summed E-state index contributed by atoms with van der Waals surface area (Å²) in [4.78, 5) is 17.4. The number of carbonyl (C=O) groups is 1. The van der Waals surface area contributed by atoms with Crippen LogP contribution >= 0.6 is 11.6 Å². The fourth-order valence-corrected chi connectivity index (χ4v) is 3.51. The number of amides is 1. The molecule has 0 spiro atoms. The van der Waals surface area contributed by atoms with E-state index in [1.165, 1.54) is 0 Å². The van der Waals surface area contributed by atoms with Gasteiger partial charge >= 0.3 is 0 Å². The largest absolute Gasteiger partial charge is 0.493 e. The van der Waals surface area contributed by atoms with E-state index in [0.29, 0.717) is 22.9 Å². The van der Waals surface area contributed by atoms with Gasteiger partial charge in [0.1, 0.15) is 5.75 Å². The van der Waals surface area contributed by atoms with Crippen LogP contribution in [-0.4, -0.2) is 17.5 Å². The highest BCUT2D eigenvalue weighted by molar-refractivity contribution is 6.30. The third kappa shape index (κ3) is 5.54. The Bertz CT molecular complexity index is 1190. The zero-order chi connectivity index (χ0) is 22.3. The van der Waals surface area contributed by atoms with Crippen molar-refractivity contribution >= 4 is 23.2 Å². The van der Waals surface area contributed by atoms with Crippen LogP contribution in [0.2, 0.25) is 5.02 Å². The average molecular weight is 443 g/mol. The topological polar surface area (TPSA) is 51.2 Å². The lowest BCUT2D eigenvalue weighted by atomic mass is 9.97. The number of aromatic nitrogens is 1. The molecule has 4 aromatic rings. The molecule has 4 nitrogen and oxygen atoms in total. The molecule has 3 aromatic carbocycles. The van der Waals surface area contributed by atoms with Crippen molar-refractivity contribution < 1.29 is 9.53 Å². The molecule has 0 radical (unpaired) electrons. The number of ether oxygens (including phenoxy) is 1. The molecule has 0 unspecified atom stereocenters. The number of nitrogens with zero attached hydrogens (tertiary/aromatic N) is 1. The summed E-state index contributed by atoms with van der Waals surface area (Å²) in [7, 11) is 0. The minimum absolute atomic E-state index is 0.164. The Balaban J connectivity index is 1.42. The van der Waals surface area contributed by atoms with Gasteiger partial charge in [-0.25, -0.2) is 0 Å². The van der Waals surface area contributed by atoms with Gasteiger partial charge in [-0.3, -0.25) is 9.78 Å². The fraction of sp³-hybridized carbons (Fsp3) is 0.111. The van der Waals surface area contributed by atoms with Gasteiger partial charge in [0.15, 0.2) is 0 Å². The minimum atomic E-state index is -0.164. The van der Waals surface area contributed by atoms with Gasteiger partial charge < -0.3 is 10.1 Å². The molecule has 0 aliphatic rings. The molecule has 0 atom stereocenters. The van der Waals surface area contributed by atoms with E-state index in [-0.39, 0.29) is 5.91 Å². The molecular weight excluding hydrogens is 420 g/mol. The molecule has 1 amide bonds. The quantitative estimate of drug-likeness (QED) is 0.351. The maximum absolute atomic E-state index is 13.1. The Labute approximate surface area is 192 Å². The lowest BCUT2D eigenvalue weighted by molar-refractivity contribution is 0.102. The zero-order valence-electron chi connectivity index (χ0n) is 17.7. The number of hydrogen-bond donors (Lipinski definition) is 1. The number of benzene rings is 3. The lowest BCUT2D eigenvalue weighted by Crippen LogP contribution is -2.13. The second-order valence-electron chi connectivity index (χ2n) is 7.45. The van der Waals surface area contributed by atoms with E-state index in [4.69, 9.17) is 16.3 Å². The number of anilines is 1. The molecule has 5 heteroatoms. The van der Waals surface area contributed by atoms with E-state index < -0.39 is 0 Å². The molecular formula is C27H23ClN2O2. The molecule has 160 valence electrons. The van der Waals surface area contributed by atoms with E-state index in [1.54, 1.807) is 6.20 Å². The summed E-state index contributed by atoms with van der Waals surface area (Å²) >= 11 is 6.02. The number of rotatable bonds is 7. The van der Waals surface area contributed by atoms with E-state index in [0.717, 1.165) is 34.6 Å². The number of halogens is 1. The molecule has 1 aromatic heterocycles. The van der Waals surface area contributed by atoms with Crippen LogP contribution in [-0.2, 0) is 6.42 Å². The number of hydrogen-bond acceptors (Lipinski definition) is 3. The molecule has 1 N–H and O–H groups in total. The number of carbonyl (C=O) groups excluding carboxylic acids is 1. The monoisotopic (exact) mass is 442 g/mol. The Morgan fingerprint density at radius 2 is 1.75 bits per heavy atom. The molecule has 0 saturated carbocycles. The van der Waals surface area contributed by atoms with Crippen molar-refractivity contribution in [1.82, 2.24) is 4.98 Å². The average Bonchev–Trinajstić information content (AvgIpc) is 2.81. The maximum atomic E-state index is 13.1. The van der Waals surface area contributed by atoms with Crippen LogP contribution in [0.5, 0.6) is 5.75 Å². The zero-order valence-corrected chi connectivity index (χ0v) is 18.5. The highest BCUT2D eigenvalue weighted by Crippen LogP contribution is 2.27. The van der Waals surface area contributed by atoms with Crippen LogP contribution in [0.15, 0.2) is 91.1 Å². The van der Waals surface area contributed by atoms with Gasteiger partial charge in [-0.2, -0.15) is 0 Å². The molecule has 0 aliphatic carbocycles. The summed E-state index contributed by atoms with van der Waals surface area (Å²) in [6.45, 7) is 2.51. The SMILES string of the molecule is Cc1ccc(-c2ccc(Cl)cc2)c(C(=O)Nc2ccc(OCCc3ccccn3)cc2)c1. The van der Waals surface area contributed by atoms with Crippen molar-refractivity contribution in [1.29, 1.82) is 0 Å². The molecule has 32 heavy (non-hydrogen) atoms. The van der Waals surface area contributed by atoms with Crippen molar-refractivity contribution in [2.75, 3.05) is 11.9 Å². The first-order chi connectivity index (χ1) is 15.6. The Morgan fingerprint density at radius 3 is 2.47 bits per heavy atom. The van der Waals surface area contributed by atoms with Gasteiger partial charge in [-0.05, 0) is 72.6 Å². The lowest BCUT2D eigenvalue weighted by Gasteiger charge is -2.12. The molecule has 0 bridgehead atoms. The van der Waals surface area contributed by atoms with Crippen LogP contribution in [0.3, 0.4) is 0 Å². The highest BCUT2D eigenvalue weighted by Gasteiger charge is 2.14. The van der Waals surface area contributed by atoms with Crippen molar-refractivity contribution in [3.8, 4) is 16.9 Å². The molecule has 0 saturated heterocycles. The normalized spacial score (nSPS) is 10.6. The van der Waals surface area contributed by atoms with Gasteiger partial charge in [0.2, 0.25) is 0 Å². The van der Waals surface area contributed by atoms with Crippen molar-refractivity contribution in [3.05, 3.63) is 113 Å². The fourth-order valence-electron chi connectivity index (χ4n) is 3.38. The Morgan fingerprint density at radius 1 is 0.969 bits per heavy atom. The summed E-state index contributed by atoms with van der Waals surface area (Å²) in [5.74, 6) is 0.582. The molecule has 4 rings (SSSR count). The van der Waals surface area contributed by atoms with E-state index in [9.17, 15) is 4.79 Å². The first-order valence-corrected chi connectivity index (χ1v) is 10.8. The van der Waals surface area contributed by atoms with Crippen LogP contribution in [0.25, 0.3) is 11.1 Å². The van der Waals surface area contributed by atoms with Crippen LogP contribution < -0.4 is 10.1 Å². The summed E-state index contributed by atoms with van der Waals surface area (Å²) in [5.41, 5.74) is 5.13. The second-order valence-corrected chi connectivity index (χ2v) is 7.89. The van der Waals surface area contributed by atoms with Crippen molar-refractivity contribution in [3.63, 3.8) is 0 Å². The molecule has 1 heterocycles. The van der Waals surface area contributed by atoms with Crippen LogP contribution in [0.1, 0.15) is 21.6 Å². The van der Waals surface area contributed by atoms with Crippen LogP contribution in [0, 0.1) is 6.92 Å². The van der Waals surface area contributed by atoms with E-state index in [1.807, 2.05) is 91.9 Å². The second kappa shape index (κ2) is 10.1. The number of pyridine rings is 1. The molecule has 0 aliphatic heterocycles.